The summed E-state index contributed by atoms with van der Waals surface area (Å²) in [6.07, 6.45) is 4.02. The molecule has 0 saturated heterocycles. The lowest BCUT2D eigenvalue weighted by molar-refractivity contribution is -0.139. The van der Waals surface area contributed by atoms with Crippen molar-refractivity contribution in [2.75, 3.05) is 0 Å². The molecule has 3 rings (SSSR count). The van der Waals surface area contributed by atoms with E-state index in [1.807, 2.05) is 31.2 Å². The Balaban J connectivity index is 1.69. The van der Waals surface area contributed by atoms with Gasteiger partial charge in [-0.2, -0.15) is 0 Å². The number of nitrogens with zero attached hydrogens (tertiary/aromatic N) is 3. The van der Waals surface area contributed by atoms with E-state index in [4.69, 9.17) is 0 Å². The molecule has 1 atom stereocenters. The number of carboxylic acid groups (broad SMARTS) is 1. The molecule has 1 amide bonds. The number of rotatable bonds is 6. The molecule has 1 aliphatic carbocycles. The summed E-state index contributed by atoms with van der Waals surface area (Å²) in [6, 6.07) is 6.75. The number of nitrogens with one attached hydrogen (secondary N) is 1. The molecule has 1 aliphatic rings. The Morgan fingerprint density at radius 2 is 2.04 bits per heavy atom. The van der Waals surface area contributed by atoms with E-state index in [0.717, 1.165) is 24.1 Å². The molecule has 0 aliphatic heterocycles. The fourth-order valence-electron chi connectivity index (χ4n) is 2.33. The number of aliphatic carboxylic acids is 1. The lowest BCUT2D eigenvalue weighted by Gasteiger charge is -2.12. The van der Waals surface area contributed by atoms with Crippen molar-refractivity contribution in [2.45, 2.75) is 32.2 Å². The highest BCUT2D eigenvalue weighted by Gasteiger charge is 2.30. The van der Waals surface area contributed by atoms with E-state index in [2.05, 4.69) is 15.6 Å². The van der Waals surface area contributed by atoms with E-state index in [1.54, 1.807) is 0 Å². The Bertz CT molecular complexity index is 719. The standard InChI is InChI=1S/C16H18N4O3/c1-10-2-6-12(7-3-10)20-9-14(18-19-20)15(21)17-13(16(22)23)8-11-4-5-11/h2-3,6-7,9,11,13H,4-5,8H2,1H3,(H,17,21)(H,22,23). The molecule has 7 nitrogen and oxygen atoms in total. The Hall–Kier alpha value is -2.70. The van der Waals surface area contributed by atoms with Gasteiger partial charge < -0.3 is 10.4 Å². The van der Waals surface area contributed by atoms with Crippen LogP contribution in [-0.2, 0) is 4.79 Å². The fourth-order valence-corrected chi connectivity index (χ4v) is 2.33. The highest BCUT2D eigenvalue weighted by atomic mass is 16.4. The summed E-state index contributed by atoms with van der Waals surface area (Å²) in [5, 5.41) is 19.5. The number of carbonyl (C=O) groups excluding carboxylic acids is 1. The molecular formula is C16H18N4O3. The number of aryl methyl sites for hydroxylation is 1. The van der Waals surface area contributed by atoms with Crippen molar-refractivity contribution in [3.63, 3.8) is 0 Å². The van der Waals surface area contributed by atoms with Crippen LogP contribution in [0.15, 0.2) is 30.5 Å². The SMILES string of the molecule is Cc1ccc(-n2cc(C(=O)NC(CC3CC3)C(=O)O)nn2)cc1. The first-order valence-corrected chi connectivity index (χ1v) is 7.56. The topological polar surface area (TPSA) is 97.1 Å². The van der Waals surface area contributed by atoms with Crippen molar-refractivity contribution in [3.8, 4) is 5.69 Å². The highest BCUT2D eigenvalue weighted by molar-refractivity contribution is 5.94. The number of hydrogen-bond donors (Lipinski definition) is 2. The first-order valence-electron chi connectivity index (χ1n) is 7.56. The lowest BCUT2D eigenvalue weighted by Crippen LogP contribution is -2.41. The maximum atomic E-state index is 12.2. The van der Waals surface area contributed by atoms with Gasteiger partial charge in [-0.3, -0.25) is 4.79 Å². The first-order chi connectivity index (χ1) is 11.0. The molecule has 2 aromatic rings. The maximum absolute atomic E-state index is 12.2. The third-order valence-electron chi connectivity index (χ3n) is 3.89. The van der Waals surface area contributed by atoms with Crippen LogP contribution >= 0.6 is 0 Å². The van der Waals surface area contributed by atoms with Crippen molar-refractivity contribution in [1.29, 1.82) is 0 Å². The molecule has 0 bridgehead atoms. The smallest absolute Gasteiger partial charge is 0.326 e. The number of hydrogen-bond acceptors (Lipinski definition) is 4. The Kier molecular flexibility index (Phi) is 4.10. The van der Waals surface area contributed by atoms with E-state index < -0.39 is 17.9 Å². The van der Waals surface area contributed by atoms with E-state index in [0.29, 0.717) is 12.3 Å². The summed E-state index contributed by atoms with van der Waals surface area (Å²) in [5.74, 6) is -1.13. The zero-order valence-corrected chi connectivity index (χ0v) is 12.8. The van der Waals surface area contributed by atoms with Gasteiger partial charge in [0.05, 0.1) is 11.9 Å². The molecule has 120 valence electrons. The molecule has 1 unspecified atom stereocenters. The van der Waals surface area contributed by atoms with Crippen LogP contribution in [-0.4, -0.2) is 38.0 Å². The summed E-state index contributed by atoms with van der Waals surface area (Å²) >= 11 is 0. The molecule has 23 heavy (non-hydrogen) atoms. The molecule has 1 heterocycles. The van der Waals surface area contributed by atoms with Gasteiger partial charge in [0.25, 0.3) is 5.91 Å². The summed E-state index contributed by atoms with van der Waals surface area (Å²) in [6.45, 7) is 1.98. The van der Waals surface area contributed by atoms with Gasteiger partial charge in [-0.15, -0.1) is 5.10 Å². The second kappa shape index (κ2) is 6.20. The molecule has 1 aromatic heterocycles. The maximum Gasteiger partial charge on any atom is 0.326 e. The molecule has 2 N–H and O–H groups in total. The number of carboxylic acids is 1. The van der Waals surface area contributed by atoms with Gasteiger partial charge >= 0.3 is 5.97 Å². The van der Waals surface area contributed by atoms with Gasteiger partial charge in [0.1, 0.15) is 6.04 Å². The van der Waals surface area contributed by atoms with Crippen molar-refractivity contribution >= 4 is 11.9 Å². The van der Waals surface area contributed by atoms with E-state index >= 15 is 0 Å². The predicted octanol–water partition coefficient (Wildman–Crippen LogP) is 1.56. The van der Waals surface area contributed by atoms with E-state index in [1.165, 1.54) is 10.9 Å². The van der Waals surface area contributed by atoms with Gasteiger partial charge in [-0.25, -0.2) is 9.48 Å². The van der Waals surface area contributed by atoms with Crippen molar-refractivity contribution in [1.82, 2.24) is 20.3 Å². The second-order valence-corrected chi connectivity index (χ2v) is 5.93. The van der Waals surface area contributed by atoms with Crippen LogP contribution in [0.4, 0.5) is 0 Å². The minimum absolute atomic E-state index is 0.104. The van der Waals surface area contributed by atoms with Crippen molar-refractivity contribution in [3.05, 3.63) is 41.7 Å². The zero-order chi connectivity index (χ0) is 16.4. The lowest BCUT2D eigenvalue weighted by atomic mass is 10.1. The second-order valence-electron chi connectivity index (χ2n) is 5.93. The summed E-state index contributed by atoms with van der Waals surface area (Å²) in [7, 11) is 0. The van der Waals surface area contributed by atoms with Gasteiger partial charge in [0.2, 0.25) is 0 Å². The largest absolute Gasteiger partial charge is 0.480 e. The average Bonchev–Trinajstić information content (AvgIpc) is 3.20. The summed E-state index contributed by atoms with van der Waals surface area (Å²) in [4.78, 5) is 23.4. The predicted molar refractivity (Wildman–Crippen MR) is 82.3 cm³/mol. The fraction of sp³-hybridized carbons (Fsp3) is 0.375. The van der Waals surface area contributed by atoms with Crippen LogP contribution < -0.4 is 5.32 Å². The molecule has 0 spiro atoms. The quantitative estimate of drug-likeness (QED) is 0.843. The molecule has 1 fully saturated rings. The normalized spacial score (nSPS) is 15.2. The Morgan fingerprint density at radius 1 is 1.35 bits per heavy atom. The van der Waals surface area contributed by atoms with Gasteiger partial charge in [-0.1, -0.05) is 35.8 Å². The number of amides is 1. The summed E-state index contributed by atoms with van der Waals surface area (Å²) in [5.41, 5.74) is 2.01. The van der Waals surface area contributed by atoms with E-state index in [9.17, 15) is 14.7 Å². The summed E-state index contributed by atoms with van der Waals surface area (Å²) < 4.78 is 1.49. The van der Waals surface area contributed by atoms with Crippen LogP contribution in [0.5, 0.6) is 0 Å². The Morgan fingerprint density at radius 3 is 2.65 bits per heavy atom. The third-order valence-corrected chi connectivity index (χ3v) is 3.89. The monoisotopic (exact) mass is 314 g/mol. The molecule has 7 heteroatoms. The molecule has 1 saturated carbocycles. The number of benzene rings is 1. The van der Waals surface area contributed by atoms with Gasteiger partial charge in [-0.05, 0) is 31.4 Å². The number of carbonyl (C=O) groups is 2. The van der Waals surface area contributed by atoms with Crippen LogP contribution in [0, 0.1) is 12.8 Å². The van der Waals surface area contributed by atoms with Crippen LogP contribution in [0.3, 0.4) is 0 Å². The highest BCUT2D eigenvalue weighted by Crippen LogP contribution is 2.33. The van der Waals surface area contributed by atoms with E-state index in [-0.39, 0.29) is 5.69 Å². The van der Waals surface area contributed by atoms with Crippen molar-refractivity contribution < 1.29 is 14.7 Å². The minimum atomic E-state index is -1.02. The molecule has 0 radical (unpaired) electrons. The van der Waals surface area contributed by atoms with Gasteiger partial charge in [0.15, 0.2) is 5.69 Å². The first kappa shape index (κ1) is 15.2. The third kappa shape index (κ3) is 3.74. The molecular weight excluding hydrogens is 296 g/mol. The minimum Gasteiger partial charge on any atom is -0.480 e. The Labute approximate surface area is 133 Å². The average molecular weight is 314 g/mol. The number of aromatic nitrogens is 3. The zero-order valence-electron chi connectivity index (χ0n) is 12.8. The van der Waals surface area contributed by atoms with Crippen LogP contribution in [0.25, 0.3) is 5.69 Å². The van der Waals surface area contributed by atoms with Crippen LogP contribution in [0.2, 0.25) is 0 Å². The van der Waals surface area contributed by atoms with Gasteiger partial charge in [0, 0.05) is 0 Å². The van der Waals surface area contributed by atoms with Crippen LogP contribution in [0.1, 0.15) is 35.3 Å². The van der Waals surface area contributed by atoms with Crippen molar-refractivity contribution in [2.24, 2.45) is 5.92 Å². The molecule has 1 aromatic carbocycles.